The van der Waals surface area contributed by atoms with Gasteiger partial charge in [0.25, 0.3) is 5.69 Å². The van der Waals surface area contributed by atoms with E-state index in [0.717, 1.165) is 0 Å². The Kier molecular flexibility index (Phi) is 4.43. The Morgan fingerprint density at radius 3 is 2.70 bits per heavy atom. The van der Waals surface area contributed by atoms with E-state index in [0.29, 0.717) is 37.0 Å². The first kappa shape index (κ1) is 13.7. The molecule has 0 fully saturated rings. The first-order valence-corrected chi connectivity index (χ1v) is 6.09. The molecule has 2 aromatic rings. The fraction of sp³-hybridized carbons (Fsp3) is 0.364. The largest absolute Gasteiger partial charge is 0.370 e. The van der Waals surface area contributed by atoms with Crippen molar-refractivity contribution < 1.29 is 9.45 Å². The van der Waals surface area contributed by atoms with Gasteiger partial charge < -0.3 is 15.2 Å². The average Bonchev–Trinajstić information content (AvgIpc) is 2.92. The molecule has 2 aromatic heterocycles. The summed E-state index contributed by atoms with van der Waals surface area (Å²) in [7, 11) is 0. The van der Waals surface area contributed by atoms with Crippen molar-refractivity contribution in [2.24, 2.45) is 0 Å². The molecule has 9 nitrogen and oxygen atoms in total. The molecule has 0 aliphatic heterocycles. The second-order valence-corrected chi connectivity index (χ2v) is 3.90. The molecule has 2 heterocycles. The van der Waals surface area contributed by atoms with Gasteiger partial charge in [-0.3, -0.25) is 10.1 Å². The van der Waals surface area contributed by atoms with Crippen LogP contribution in [0.4, 0.5) is 17.3 Å². The number of nitrogens with zero attached hydrogens (tertiary/aromatic N) is 4. The zero-order valence-corrected chi connectivity index (χ0v) is 10.9. The van der Waals surface area contributed by atoms with Gasteiger partial charge >= 0.3 is 0 Å². The van der Waals surface area contributed by atoms with Crippen LogP contribution in [0.25, 0.3) is 0 Å². The van der Waals surface area contributed by atoms with Gasteiger partial charge in [-0.2, -0.15) is 4.98 Å². The topological polar surface area (TPSA) is 119 Å². The van der Waals surface area contributed by atoms with Gasteiger partial charge in [0.1, 0.15) is 11.6 Å². The van der Waals surface area contributed by atoms with Gasteiger partial charge in [-0.05, 0) is 6.92 Å². The van der Waals surface area contributed by atoms with Crippen LogP contribution in [0.1, 0.15) is 12.8 Å². The van der Waals surface area contributed by atoms with Crippen LogP contribution in [0.3, 0.4) is 0 Å². The third-order valence-electron chi connectivity index (χ3n) is 2.43. The first-order chi connectivity index (χ1) is 9.69. The highest BCUT2D eigenvalue weighted by Crippen LogP contribution is 2.20. The van der Waals surface area contributed by atoms with Gasteiger partial charge in [0.15, 0.2) is 6.33 Å². The minimum absolute atomic E-state index is 0.0174. The van der Waals surface area contributed by atoms with Crippen LogP contribution in [0.15, 0.2) is 23.0 Å². The Hall–Kier alpha value is -2.71. The van der Waals surface area contributed by atoms with E-state index in [9.17, 15) is 10.1 Å². The minimum Gasteiger partial charge on any atom is -0.370 e. The van der Waals surface area contributed by atoms with Crippen molar-refractivity contribution >= 4 is 17.3 Å². The molecule has 0 saturated carbocycles. The lowest BCUT2D eigenvalue weighted by molar-refractivity contribution is -0.384. The van der Waals surface area contributed by atoms with Gasteiger partial charge in [-0.1, -0.05) is 5.16 Å². The van der Waals surface area contributed by atoms with Gasteiger partial charge in [-0.25, -0.2) is 4.98 Å². The van der Waals surface area contributed by atoms with Crippen molar-refractivity contribution in [2.45, 2.75) is 13.3 Å². The number of aromatic nitrogens is 3. The molecular formula is C11H14N6O3. The lowest BCUT2D eigenvalue weighted by atomic mass is 10.3. The van der Waals surface area contributed by atoms with Crippen LogP contribution in [0.2, 0.25) is 0 Å². The highest BCUT2D eigenvalue weighted by atomic mass is 16.6. The third kappa shape index (κ3) is 3.64. The Labute approximate surface area is 114 Å². The number of hydrogen-bond donors (Lipinski definition) is 2. The molecule has 0 aliphatic rings. The van der Waals surface area contributed by atoms with Crippen LogP contribution in [-0.4, -0.2) is 33.1 Å². The van der Waals surface area contributed by atoms with E-state index in [1.165, 1.54) is 18.5 Å². The van der Waals surface area contributed by atoms with Crippen molar-refractivity contribution in [2.75, 3.05) is 23.7 Å². The van der Waals surface area contributed by atoms with Crippen molar-refractivity contribution in [1.82, 2.24) is 15.1 Å². The number of nitro groups is 1. The molecule has 0 aromatic carbocycles. The maximum absolute atomic E-state index is 10.9. The monoisotopic (exact) mass is 278 g/mol. The number of hydrogen-bond acceptors (Lipinski definition) is 8. The Morgan fingerprint density at radius 1 is 1.35 bits per heavy atom. The summed E-state index contributed by atoms with van der Waals surface area (Å²) < 4.78 is 4.85. The quantitative estimate of drug-likeness (QED) is 0.577. The van der Waals surface area contributed by atoms with E-state index in [1.54, 1.807) is 0 Å². The number of anilines is 2. The molecule has 0 saturated heterocycles. The van der Waals surface area contributed by atoms with Crippen LogP contribution in [0.5, 0.6) is 0 Å². The summed E-state index contributed by atoms with van der Waals surface area (Å²) in [5.41, 5.74) is -0.0174. The summed E-state index contributed by atoms with van der Waals surface area (Å²) in [6.45, 7) is 3.01. The second kappa shape index (κ2) is 6.45. The lowest BCUT2D eigenvalue weighted by Crippen LogP contribution is -2.09. The summed E-state index contributed by atoms with van der Waals surface area (Å²) in [5, 5.41) is 20.3. The zero-order valence-electron chi connectivity index (χ0n) is 10.9. The zero-order chi connectivity index (χ0) is 14.4. The Balaban J connectivity index is 2.03. The molecule has 0 spiro atoms. The van der Waals surface area contributed by atoms with Gasteiger partial charge in [0, 0.05) is 19.5 Å². The average molecular weight is 278 g/mol. The fourth-order valence-corrected chi connectivity index (χ4v) is 1.59. The predicted octanol–water partition coefficient (Wildman–Crippen LogP) is 1.46. The molecule has 0 bridgehead atoms. The summed E-state index contributed by atoms with van der Waals surface area (Å²) in [6, 6.07) is 2.78. The molecule has 0 atom stereocenters. The molecule has 0 radical (unpaired) electrons. The molecular weight excluding hydrogens is 264 g/mol. The second-order valence-electron chi connectivity index (χ2n) is 3.90. The fourth-order valence-electron chi connectivity index (χ4n) is 1.59. The van der Waals surface area contributed by atoms with Gasteiger partial charge in [-0.15, -0.1) is 0 Å². The normalized spacial score (nSPS) is 10.2. The van der Waals surface area contributed by atoms with E-state index in [-0.39, 0.29) is 5.69 Å². The maximum atomic E-state index is 10.9. The van der Waals surface area contributed by atoms with E-state index in [1.807, 2.05) is 6.92 Å². The number of nitrogens with one attached hydrogen (secondary N) is 2. The maximum Gasteiger partial charge on any atom is 0.276 e. The SMILES string of the molecule is CCNc1cc([N+](=O)[O-])cc(NCCc2ncno2)n1. The molecule has 0 aliphatic carbocycles. The van der Waals surface area contributed by atoms with Crippen LogP contribution in [0, 0.1) is 10.1 Å². The number of pyridine rings is 1. The summed E-state index contributed by atoms with van der Waals surface area (Å²) in [5.74, 6) is 1.38. The van der Waals surface area contributed by atoms with Crippen molar-refractivity contribution in [3.8, 4) is 0 Å². The highest BCUT2D eigenvalue weighted by Gasteiger charge is 2.11. The summed E-state index contributed by atoms with van der Waals surface area (Å²) in [6.07, 6.45) is 1.84. The Morgan fingerprint density at radius 2 is 2.10 bits per heavy atom. The molecule has 9 heteroatoms. The number of rotatable bonds is 7. The Bertz CT molecular complexity index is 572. The summed E-state index contributed by atoms with van der Waals surface area (Å²) in [4.78, 5) is 18.5. The lowest BCUT2D eigenvalue weighted by Gasteiger charge is -2.07. The molecule has 0 amide bonds. The van der Waals surface area contributed by atoms with Gasteiger partial charge in [0.05, 0.1) is 17.1 Å². The van der Waals surface area contributed by atoms with Gasteiger partial charge in [0.2, 0.25) is 5.89 Å². The minimum atomic E-state index is -0.453. The van der Waals surface area contributed by atoms with Crippen molar-refractivity contribution in [3.05, 3.63) is 34.5 Å². The third-order valence-corrected chi connectivity index (χ3v) is 2.43. The van der Waals surface area contributed by atoms with E-state index >= 15 is 0 Å². The van der Waals surface area contributed by atoms with Crippen molar-refractivity contribution in [3.63, 3.8) is 0 Å². The van der Waals surface area contributed by atoms with Crippen LogP contribution >= 0.6 is 0 Å². The standard InChI is InChI=1S/C11H14N6O3/c1-2-12-9-5-8(17(18)19)6-10(16-9)13-4-3-11-14-7-15-20-11/h5-7H,2-4H2,1H3,(H2,12,13,16). The highest BCUT2D eigenvalue weighted by molar-refractivity contribution is 5.54. The summed E-state index contributed by atoms with van der Waals surface area (Å²) >= 11 is 0. The molecule has 2 rings (SSSR count). The molecule has 2 N–H and O–H groups in total. The van der Waals surface area contributed by atoms with Crippen molar-refractivity contribution in [1.29, 1.82) is 0 Å². The molecule has 106 valence electrons. The molecule has 20 heavy (non-hydrogen) atoms. The van der Waals surface area contributed by atoms with Crippen LogP contribution in [-0.2, 0) is 6.42 Å². The first-order valence-electron chi connectivity index (χ1n) is 6.09. The van der Waals surface area contributed by atoms with E-state index in [2.05, 4.69) is 25.8 Å². The smallest absolute Gasteiger partial charge is 0.276 e. The predicted molar refractivity (Wildman–Crippen MR) is 71.5 cm³/mol. The van der Waals surface area contributed by atoms with E-state index in [4.69, 9.17) is 4.52 Å². The van der Waals surface area contributed by atoms with Crippen LogP contribution < -0.4 is 10.6 Å². The van der Waals surface area contributed by atoms with E-state index < -0.39 is 4.92 Å². The molecule has 0 unspecified atom stereocenters.